The van der Waals surface area contributed by atoms with Gasteiger partial charge in [0.05, 0.1) is 12.1 Å². The van der Waals surface area contributed by atoms with E-state index in [-0.39, 0.29) is 12.2 Å². The van der Waals surface area contributed by atoms with Crippen LogP contribution in [0, 0.1) is 0 Å². The Hall–Kier alpha value is -3.24. The maximum absolute atomic E-state index is 12.6. The van der Waals surface area contributed by atoms with Crippen molar-refractivity contribution >= 4 is 29.0 Å². The van der Waals surface area contributed by atoms with E-state index in [4.69, 9.17) is 11.6 Å². The molecule has 4 nitrogen and oxygen atoms in total. The monoisotopic (exact) mass is 376 g/mol. The van der Waals surface area contributed by atoms with Crippen LogP contribution in [0.25, 0.3) is 0 Å². The molecule has 5 heteroatoms. The molecule has 0 heterocycles. The van der Waals surface area contributed by atoms with Gasteiger partial charge >= 0.3 is 0 Å². The second-order valence-electron chi connectivity index (χ2n) is 5.84. The number of benzene rings is 3. The Kier molecular flexibility index (Phi) is 6.13. The van der Waals surface area contributed by atoms with Crippen molar-refractivity contribution in [1.29, 1.82) is 0 Å². The molecule has 0 spiro atoms. The van der Waals surface area contributed by atoms with Crippen molar-refractivity contribution in [2.75, 3.05) is 0 Å². The van der Waals surface area contributed by atoms with Crippen molar-refractivity contribution < 1.29 is 9.59 Å². The molecule has 0 radical (unpaired) electrons. The molecule has 0 saturated heterocycles. The van der Waals surface area contributed by atoms with Crippen molar-refractivity contribution in [3.8, 4) is 0 Å². The van der Waals surface area contributed by atoms with E-state index in [2.05, 4.69) is 10.5 Å². The number of rotatable bonds is 6. The summed E-state index contributed by atoms with van der Waals surface area (Å²) in [5.41, 5.74) is 4.77. The van der Waals surface area contributed by atoms with E-state index in [1.165, 1.54) is 0 Å². The molecule has 0 unspecified atom stereocenters. The number of nitrogens with zero attached hydrogens (tertiary/aromatic N) is 1. The van der Waals surface area contributed by atoms with E-state index in [1.54, 1.807) is 36.4 Å². The van der Waals surface area contributed by atoms with Crippen LogP contribution in [0.5, 0.6) is 0 Å². The predicted molar refractivity (Wildman–Crippen MR) is 107 cm³/mol. The predicted octanol–water partition coefficient (Wildman–Crippen LogP) is 4.75. The molecule has 3 aromatic carbocycles. The summed E-state index contributed by atoms with van der Waals surface area (Å²) < 4.78 is 0. The molecule has 0 aliphatic rings. The Morgan fingerprint density at radius 2 is 1.37 bits per heavy atom. The molecular weight excluding hydrogens is 360 g/mol. The average Bonchev–Trinajstić information content (AvgIpc) is 2.72. The Morgan fingerprint density at radius 3 is 2.00 bits per heavy atom. The fraction of sp³-hybridized carbons (Fsp3) is 0.0455. The zero-order valence-corrected chi connectivity index (χ0v) is 15.2. The minimum absolute atomic E-state index is 0.0733. The molecular formula is C22H17ClN2O2. The highest BCUT2D eigenvalue weighted by atomic mass is 35.5. The second-order valence-corrected chi connectivity index (χ2v) is 6.28. The lowest BCUT2D eigenvalue weighted by Crippen LogP contribution is -2.21. The molecule has 27 heavy (non-hydrogen) atoms. The summed E-state index contributed by atoms with van der Waals surface area (Å²) in [6, 6.07) is 24.9. The number of halogens is 1. The third-order valence-electron chi connectivity index (χ3n) is 3.91. The van der Waals surface area contributed by atoms with E-state index in [0.29, 0.717) is 21.9 Å². The van der Waals surface area contributed by atoms with Crippen molar-refractivity contribution in [3.63, 3.8) is 0 Å². The van der Waals surface area contributed by atoms with Crippen molar-refractivity contribution in [2.45, 2.75) is 6.42 Å². The summed E-state index contributed by atoms with van der Waals surface area (Å²) in [6.45, 7) is 0. The standard InChI is InChI=1S/C22H17ClN2O2/c23-19-13-7-12-18(14-19)22(27)25-24-20(16-8-3-1-4-9-16)15-21(26)17-10-5-2-6-11-17/h1-14H,15H2,(H,25,27)/b24-20+. The molecule has 0 aliphatic carbocycles. The zero-order valence-electron chi connectivity index (χ0n) is 14.4. The fourth-order valence-corrected chi connectivity index (χ4v) is 2.72. The first-order chi connectivity index (χ1) is 13.1. The van der Waals surface area contributed by atoms with Crippen LogP contribution >= 0.6 is 11.6 Å². The van der Waals surface area contributed by atoms with Gasteiger partial charge in [0.25, 0.3) is 5.91 Å². The van der Waals surface area contributed by atoms with Crippen molar-refractivity contribution in [1.82, 2.24) is 5.43 Å². The number of carbonyl (C=O) groups is 2. The molecule has 0 atom stereocenters. The minimum atomic E-state index is -0.391. The Labute approximate surface area is 162 Å². The summed E-state index contributed by atoms with van der Waals surface area (Å²) in [6.07, 6.45) is 0.0733. The number of hydrogen-bond donors (Lipinski definition) is 1. The second kappa shape index (κ2) is 8.92. The van der Waals surface area contributed by atoms with E-state index >= 15 is 0 Å². The van der Waals surface area contributed by atoms with Crippen LogP contribution in [-0.4, -0.2) is 17.4 Å². The summed E-state index contributed by atoms with van der Waals surface area (Å²) >= 11 is 5.92. The Bertz CT molecular complexity index is 970. The van der Waals surface area contributed by atoms with Gasteiger partial charge in [-0.05, 0) is 23.8 Å². The summed E-state index contributed by atoms with van der Waals surface area (Å²) in [5, 5.41) is 4.69. The van der Waals surface area contributed by atoms with Gasteiger partial charge in [-0.15, -0.1) is 0 Å². The number of nitrogens with one attached hydrogen (secondary N) is 1. The van der Waals surface area contributed by atoms with Gasteiger partial charge in [-0.2, -0.15) is 5.10 Å². The number of hydrazone groups is 1. The number of carbonyl (C=O) groups excluding carboxylic acids is 2. The van der Waals surface area contributed by atoms with Gasteiger partial charge < -0.3 is 0 Å². The molecule has 1 N–H and O–H groups in total. The van der Waals surface area contributed by atoms with Gasteiger partial charge in [-0.25, -0.2) is 5.43 Å². The first-order valence-electron chi connectivity index (χ1n) is 8.39. The third kappa shape index (κ3) is 5.12. The Balaban J connectivity index is 1.83. The van der Waals surface area contributed by atoms with E-state index in [9.17, 15) is 9.59 Å². The lowest BCUT2D eigenvalue weighted by Gasteiger charge is -2.08. The summed E-state index contributed by atoms with van der Waals surface area (Å²) in [5.74, 6) is -0.465. The van der Waals surface area contributed by atoms with Crippen LogP contribution in [0.4, 0.5) is 0 Å². The van der Waals surface area contributed by atoms with Crippen LogP contribution in [0.2, 0.25) is 5.02 Å². The van der Waals surface area contributed by atoms with Crippen LogP contribution in [0.3, 0.4) is 0 Å². The minimum Gasteiger partial charge on any atom is -0.294 e. The van der Waals surface area contributed by atoms with Crippen molar-refractivity contribution in [2.24, 2.45) is 5.10 Å². The highest BCUT2D eigenvalue weighted by molar-refractivity contribution is 6.31. The molecule has 1 amide bonds. The Morgan fingerprint density at radius 1 is 0.778 bits per heavy atom. The highest BCUT2D eigenvalue weighted by Gasteiger charge is 2.13. The van der Waals surface area contributed by atoms with Gasteiger partial charge in [0, 0.05) is 16.1 Å². The van der Waals surface area contributed by atoms with Crippen LogP contribution in [0.15, 0.2) is 90.0 Å². The summed E-state index contributed by atoms with van der Waals surface area (Å²) in [7, 11) is 0. The lowest BCUT2D eigenvalue weighted by atomic mass is 10.0. The van der Waals surface area contributed by atoms with Gasteiger partial charge in [-0.1, -0.05) is 78.3 Å². The molecule has 0 saturated carbocycles. The molecule has 134 valence electrons. The number of amides is 1. The fourth-order valence-electron chi connectivity index (χ4n) is 2.53. The quantitative estimate of drug-likeness (QED) is 0.383. The maximum atomic E-state index is 12.6. The van der Waals surface area contributed by atoms with E-state index in [1.807, 2.05) is 48.5 Å². The molecule has 3 aromatic rings. The van der Waals surface area contributed by atoms with Crippen LogP contribution in [-0.2, 0) is 0 Å². The number of hydrogen-bond acceptors (Lipinski definition) is 3. The third-order valence-corrected chi connectivity index (χ3v) is 4.15. The number of Topliss-reactive ketones (excluding diaryl/α,β-unsaturated/α-hetero) is 1. The smallest absolute Gasteiger partial charge is 0.271 e. The van der Waals surface area contributed by atoms with Crippen LogP contribution < -0.4 is 5.43 Å². The molecule has 0 aromatic heterocycles. The van der Waals surface area contributed by atoms with Gasteiger partial charge in [0.1, 0.15) is 0 Å². The number of ketones is 1. The molecule has 0 fully saturated rings. The van der Waals surface area contributed by atoms with E-state index in [0.717, 1.165) is 5.56 Å². The lowest BCUT2D eigenvalue weighted by molar-refractivity contribution is 0.0951. The topological polar surface area (TPSA) is 58.5 Å². The van der Waals surface area contributed by atoms with Gasteiger partial charge in [-0.3, -0.25) is 9.59 Å². The highest BCUT2D eigenvalue weighted by Crippen LogP contribution is 2.12. The first kappa shape index (κ1) is 18.5. The first-order valence-corrected chi connectivity index (χ1v) is 8.77. The van der Waals surface area contributed by atoms with E-state index < -0.39 is 5.91 Å². The van der Waals surface area contributed by atoms with Gasteiger partial charge in [0.2, 0.25) is 0 Å². The zero-order chi connectivity index (χ0) is 19.1. The normalized spacial score (nSPS) is 11.1. The average molecular weight is 377 g/mol. The van der Waals surface area contributed by atoms with Crippen molar-refractivity contribution in [3.05, 3.63) is 107 Å². The molecule has 3 rings (SSSR count). The molecule has 0 aliphatic heterocycles. The van der Waals surface area contributed by atoms with Crippen LogP contribution in [0.1, 0.15) is 32.7 Å². The SMILES string of the molecule is O=C(C/C(=N\NC(=O)c1cccc(Cl)c1)c1ccccc1)c1ccccc1. The maximum Gasteiger partial charge on any atom is 0.271 e. The summed E-state index contributed by atoms with van der Waals surface area (Å²) in [4.78, 5) is 24.9. The van der Waals surface area contributed by atoms with Gasteiger partial charge in [0.15, 0.2) is 5.78 Å². The largest absolute Gasteiger partial charge is 0.294 e. The molecule has 0 bridgehead atoms.